The number of anilines is 2. The molecule has 0 saturated carbocycles. The van der Waals surface area contributed by atoms with Crippen LogP contribution in [0.25, 0.3) is 0 Å². The average molecular weight is 463 g/mol. The molecule has 176 valence electrons. The van der Waals surface area contributed by atoms with Crippen molar-refractivity contribution in [2.75, 3.05) is 23.3 Å². The Morgan fingerprint density at radius 3 is 1.43 bits per heavy atom. The molecule has 0 bridgehead atoms. The molecule has 4 aromatic carbocycles. The molecule has 35 heavy (non-hydrogen) atoms. The van der Waals surface area contributed by atoms with E-state index in [2.05, 4.69) is 109 Å². The molecular formula is C31H30N2O2. The van der Waals surface area contributed by atoms with Crippen LogP contribution in [0.15, 0.2) is 84.9 Å². The van der Waals surface area contributed by atoms with E-state index in [1.54, 1.807) is 0 Å². The van der Waals surface area contributed by atoms with Gasteiger partial charge in [0.25, 0.3) is 0 Å². The number of nitrogens with zero attached hydrogens (tertiary/aromatic N) is 2. The van der Waals surface area contributed by atoms with Crippen LogP contribution in [0.1, 0.15) is 33.4 Å². The molecule has 0 fully saturated rings. The molecule has 0 spiro atoms. The predicted molar refractivity (Wildman–Crippen MR) is 141 cm³/mol. The van der Waals surface area contributed by atoms with Crippen molar-refractivity contribution in [2.24, 2.45) is 0 Å². The SMILES string of the molecule is Cc1ccc(N2COc3ccc(Cc4ccc5c(c4)CN(c4ccc(C)cc4)CO5)cc3C2)cc1. The minimum absolute atomic E-state index is 0.581. The van der Waals surface area contributed by atoms with Crippen LogP contribution in [0.4, 0.5) is 11.4 Å². The van der Waals surface area contributed by atoms with Crippen LogP contribution >= 0.6 is 0 Å². The molecule has 0 amide bonds. The minimum atomic E-state index is 0.581. The molecule has 0 aliphatic carbocycles. The van der Waals surface area contributed by atoms with Gasteiger partial charge < -0.3 is 19.3 Å². The van der Waals surface area contributed by atoms with Gasteiger partial charge in [0.15, 0.2) is 13.5 Å². The standard InChI is InChI=1S/C31H30N2O2/c1-22-3-9-28(10-4-22)32-18-26-16-24(7-13-30(26)34-20-32)15-25-8-14-31-27(17-25)19-33(21-35-31)29-11-5-23(2)6-12-29/h3-14,16-17H,15,18-21H2,1-2H3. The second-order valence-corrected chi connectivity index (χ2v) is 9.67. The quantitative estimate of drug-likeness (QED) is 0.341. The van der Waals surface area contributed by atoms with Crippen LogP contribution < -0.4 is 19.3 Å². The first-order valence-corrected chi connectivity index (χ1v) is 12.2. The molecule has 4 heteroatoms. The Hall–Kier alpha value is -3.92. The molecule has 4 aromatic rings. The summed E-state index contributed by atoms with van der Waals surface area (Å²) in [5.41, 5.74) is 10.00. The van der Waals surface area contributed by atoms with E-state index in [1.807, 2.05) is 0 Å². The number of ether oxygens (including phenoxy) is 2. The molecular weight excluding hydrogens is 432 g/mol. The summed E-state index contributed by atoms with van der Waals surface area (Å²) >= 11 is 0. The van der Waals surface area contributed by atoms with Gasteiger partial charge in [0.2, 0.25) is 0 Å². The first-order valence-electron chi connectivity index (χ1n) is 12.2. The third-order valence-corrected chi connectivity index (χ3v) is 6.93. The van der Waals surface area contributed by atoms with Gasteiger partial charge in [-0.05, 0) is 79.9 Å². The van der Waals surface area contributed by atoms with Crippen LogP contribution in [0.3, 0.4) is 0 Å². The van der Waals surface area contributed by atoms with Crippen molar-refractivity contribution in [1.29, 1.82) is 0 Å². The molecule has 2 aliphatic rings. The maximum Gasteiger partial charge on any atom is 0.161 e. The van der Waals surface area contributed by atoms with E-state index in [0.29, 0.717) is 13.5 Å². The summed E-state index contributed by atoms with van der Waals surface area (Å²) < 4.78 is 12.1. The smallest absolute Gasteiger partial charge is 0.161 e. The van der Waals surface area contributed by atoms with Crippen molar-refractivity contribution in [3.05, 3.63) is 118 Å². The summed E-state index contributed by atoms with van der Waals surface area (Å²) in [7, 11) is 0. The van der Waals surface area contributed by atoms with Gasteiger partial charge in [-0.1, -0.05) is 47.5 Å². The van der Waals surface area contributed by atoms with Crippen LogP contribution in [-0.4, -0.2) is 13.5 Å². The van der Waals surface area contributed by atoms with Crippen LogP contribution in [0, 0.1) is 13.8 Å². The van der Waals surface area contributed by atoms with E-state index in [9.17, 15) is 0 Å². The fourth-order valence-corrected chi connectivity index (χ4v) is 4.89. The highest BCUT2D eigenvalue weighted by Crippen LogP contribution is 2.32. The van der Waals surface area contributed by atoms with E-state index in [0.717, 1.165) is 31.0 Å². The summed E-state index contributed by atoms with van der Waals surface area (Å²) in [4.78, 5) is 4.56. The molecule has 2 heterocycles. The minimum Gasteiger partial charge on any atom is -0.473 e. The first kappa shape index (κ1) is 21.6. The van der Waals surface area contributed by atoms with Crippen molar-refractivity contribution in [2.45, 2.75) is 33.4 Å². The highest BCUT2D eigenvalue weighted by molar-refractivity contribution is 5.53. The Kier molecular flexibility index (Phi) is 5.57. The van der Waals surface area contributed by atoms with Gasteiger partial charge in [0, 0.05) is 35.6 Å². The molecule has 0 atom stereocenters. The monoisotopic (exact) mass is 462 g/mol. The van der Waals surface area contributed by atoms with Crippen LogP contribution in [-0.2, 0) is 19.5 Å². The Balaban J connectivity index is 1.19. The lowest BCUT2D eigenvalue weighted by Gasteiger charge is -2.31. The second-order valence-electron chi connectivity index (χ2n) is 9.67. The topological polar surface area (TPSA) is 24.9 Å². The highest BCUT2D eigenvalue weighted by atomic mass is 16.5. The molecule has 0 N–H and O–H groups in total. The van der Waals surface area contributed by atoms with Gasteiger partial charge in [-0.15, -0.1) is 0 Å². The van der Waals surface area contributed by atoms with E-state index in [4.69, 9.17) is 9.47 Å². The maximum absolute atomic E-state index is 6.07. The lowest BCUT2D eigenvalue weighted by atomic mass is 9.99. The van der Waals surface area contributed by atoms with Gasteiger partial charge in [-0.2, -0.15) is 0 Å². The molecule has 0 saturated heterocycles. The first-order chi connectivity index (χ1) is 17.1. The zero-order valence-electron chi connectivity index (χ0n) is 20.3. The normalized spacial score (nSPS) is 14.6. The average Bonchev–Trinajstić information content (AvgIpc) is 2.89. The predicted octanol–water partition coefficient (Wildman–Crippen LogP) is 6.61. The van der Waals surface area contributed by atoms with E-state index < -0.39 is 0 Å². The zero-order chi connectivity index (χ0) is 23.8. The Bertz CT molecular complexity index is 1240. The van der Waals surface area contributed by atoms with Gasteiger partial charge in [-0.3, -0.25) is 0 Å². The van der Waals surface area contributed by atoms with Gasteiger partial charge in [0.05, 0.1) is 0 Å². The molecule has 4 nitrogen and oxygen atoms in total. The van der Waals surface area contributed by atoms with Crippen LogP contribution in [0.2, 0.25) is 0 Å². The molecule has 0 unspecified atom stereocenters. The van der Waals surface area contributed by atoms with Gasteiger partial charge in [0.1, 0.15) is 11.5 Å². The summed E-state index contributed by atoms with van der Waals surface area (Å²) in [5.74, 6) is 1.98. The number of hydrogen-bond acceptors (Lipinski definition) is 4. The largest absolute Gasteiger partial charge is 0.473 e. The fraction of sp³-hybridized carbons (Fsp3) is 0.226. The summed E-state index contributed by atoms with van der Waals surface area (Å²) in [6, 6.07) is 30.5. The Morgan fingerprint density at radius 2 is 1.00 bits per heavy atom. The molecule has 2 aliphatic heterocycles. The number of aryl methyl sites for hydroxylation is 2. The van der Waals surface area contributed by atoms with Crippen molar-refractivity contribution < 1.29 is 9.47 Å². The van der Waals surface area contributed by atoms with Gasteiger partial charge in [-0.25, -0.2) is 0 Å². The van der Waals surface area contributed by atoms with E-state index in [1.165, 1.54) is 44.8 Å². The van der Waals surface area contributed by atoms with Crippen molar-refractivity contribution in [1.82, 2.24) is 0 Å². The summed E-state index contributed by atoms with van der Waals surface area (Å²) in [6.07, 6.45) is 0.885. The summed E-state index contributed by atoms with van der Waals surface area (Å²) in [5, 5.41) is 0. The number of rotatable bonds is 4. The third kappa shape index (κ3) is 4.57. The Labute approximate surface area is 207 Å². The summed E-state index contributed by atoms with van der Waals surface area (Å²) in [6.45, 7) is 7.11. The van der Waals surface area contributed by atoms with E-state index in [-0.39, 0.29) is 0 Å². The maximum atomic E-state index is 6.07. The van der Waals surface area contributed by atoms with Crippen molar-refractivity contribution in [3.63, 3.8) is 0 Å². The number of fused-ring (bicyclic) bond motifs is 2. The lowest BCUT2D eigenvalue weighted by Crippen LogP contribution is -2.32. The molecule has 6 rings (SSSR count). The van der Waals surface area contributed by atoms with Crippen molar-refractivity contribution >= 4 is 11.4 Å². The molecule has 0 radical (unpaired) electrons. The van der Waals surface area contributed by atoms with Gasteiger partial charge >= 0.3 is 0 Å². The van der Waals surface area contributed by atoms with Crippen LogP contribution in [0.5, 0.6) is 11.5 Å². The third-order valence-electron chi connectivity index (χ3n) is 6.93. The van der Waals surface area contributed by atoms with E-state index >= 15 is 0 Å². The highest BCUT2D eigenvalue weighted by Gasteiger charge is 2.20. The number of hydrogen-bond donors (Lipinski definition) is 0. The second kappa shape index (κ2) is 9.03. The fourth-order valence-electron chi connectivity index (χ4n) is 4.89. The number of benzene rings is 4. The lowest BCUT2D eigenvalue weighted by molar-refractivity contribution is 0.289. The van der Waals surface area contributed by atoms with Crippen molar-refractivity contribution in [3.8, 4) is 11.5 Å². The Morgan fingerprint density at radius 1 is 0.571 bits per heavy atom. The molecule has 0 aromatic heterocycles. The zero-order valence-corrected chi connectivity index (χ0v) is 20.3.